The lowest BCUT2D eigenvalue weighted by molar-refractivity contribution is 0.0951. The van der Waals surface area contributed by atoms with Gasteiger partial charge in [0.15, 0.2) is 0 Å². The Kier molecular flexibility index (Phi) is 4.34. The van der Waals surface area contributed by atoms with E-state index in [-0.39, 0.29) is 24.1 Å². The van der Waals surface area contributed by atoms with E-state index < -0.39 is 0 Å². The lowest BCUT2D eigenvalue weighted by Gasteiger charge is -2.22. The number of fused-ring (bicyclic) bond motifs is 2. The average molecular weight is 379 g/mol. The quantitative estimate of drug-likeness (QED) is 0.557. The Morgan fingerprint density at radius 2 is 2.00 bits per heavy atom. The molecule has 7 heteroatoms. The number of H-pyrrole nitrogens is 1. The zero-order valence-corrected chi connectivity index (χ0v) is 16.6. The molecule has 1 atom stereocenters. The molecule has 3 heterocycles. The molecule has 1 aliphatic heterocycles. The second kappa shape index (κ2) is 6.60. The van der Waals surface area contributed by atoms with Gasteiger partial charge in [0, 0.05) is 23.4 Å². The van der Waals surface area contributed by atoms with Crippen LogP contribution in [-0.2, 0) is 0 Å². The predicted molar refractivity (Wildman–Crippen MR) is 109 cm³/mol. The largest absolute Gasteiger partial charge is 0.396 e. The second-order valence-electron chi connectivity index (χ2n) is 8.25. The Balaban J connectivity index is 1.84. The highest BCUT2D eigenvalue weighted by Crippen LogP contribution is 2.34. The molecule has 1 aliphatic rings. The van der Waals surface area contributed by atoms with Gasteiger partial charge in [-0.05, 0) is 46.2 Å². The number of aliphatic hydroxyl groups excluding tert-OH is 1. The number of carbonyl (C=O) groups excluding carboxylic acids is 1. The number of para-hydroxylation sites is 1. The maximum Gasteiger partial charge on any atom is 0.253 e. The summed E-state index contributed by atoms with van der Waals surface area (Å²) in [6, 6.07) is 7.53. The molecule has 4 rings (SSSR count). The third-order valence-electron chi connectivity index (χ3n) is 4.82. The van der Waals surface area contributed by atoms with E-state index in [1.54, 1.807) is 0 Å². The first kappa shape index (κ1) is 18.4. The molecule has 0 fully saturated rings. The Morgan fingerprint density at radius 1 is 1.21 bits per heavy atom. The van der Waals surface area contributed by atoms with Gasteiger partial charge in [0.25, 0.3) is 5.91 Å². The summed E-state index contributed by atoms with van der Waals surface area (Å²) in [5.74, 6) is 0.635. The van der Waals surface area contributed by atoms with Crippen LogP contribution in [0.1, 0.15) is 55.0 Å². The summed E-state index contributed by atoms with van der Waals surface area (Å²) in [4.78, 5) is 25.2. The van der Waals surface area contributed by atoms with Crippen LogP contribution in [0.3, 0.4) is 0 Å². The van der Waals surface area contributed by atoms with Crippen molar-refractivity contribution in [1.82, 2.24) is 20.3 Å². The fraction of sp³-hybridized carbons (Fsp3) is 0.381. The molecule has 1 aromatic carbocycles. The van der Waals surface area contributed by atoms with E-state index in [4.69, 9.17) is 9.97 Å². The molecule has 0 aliphatic carbocycles. The minimum Gasteiger partial charge on any atom is -0.396 e. The summed E-state index contributed by atoms with van der Waals surface area (Å²) in [7, 11) is 0. The molecule has 0 saturated heterocycles. The molecule has 0 spiro atoms. The van der Waals surface area contributed by atoms with E-state index in [1.807, 2.05) is 31.2 Å². The van der Waals surface area contributed by atoms with Crippen LogP contribution in [0, 0.1) is 6.92 Å². The lowest BCUT2D eigenvalue weighted by Crippen LogP contribution is -2.27. The molecule has 146 valence electrons. The maximum absolute atomic E-state index is 12.3. The van der Waals surface area contributed by atoms with E-state index in [2.05, 4.69) is 36.4 Å². The molecule has 0 unspecified atom stereocenters. The molecule has 28 heavy (non-hydrogen) atoms. The molecular formula is C21H25N5O2. The van der Waals surface area contributed by atoms with E-state index in [9.17, 15) is 9.90 Å². The summed E-state index contributed by atoms with van der Waals surface area (Å²) < 4.78 is 0. The van der Waals surface area contributed by atoms with Crippen LogP contribution in [0.25, 0.3) is 22.3 Å². The molecule has 1 amide bonds. The zero-order chi connectivity index (χ0) is 20.1. The number of aliphatic hydroxyl groups is 1. The minimum atomic E-state index is -0.192. The van der Waals surface area contributed by atoms with Crippen LogP contribution >= 0.6 is 0 Å². The van der Waals surface area contributed by atoms with Gasteiger partial charge < -0.3 is 20.7 Å². The number of aryl methyl sites for hydroxylation is 1. The van der Waals surface area contributed by atoms with Crippen molar-refractivity contribution in [3.8, 4) is 11.3 Å². The average Bonchev–Trinajstić information content (AvgIpc) is 3.16. The number of carbonyl (C=O) groups is 1. The molecule has 0 saturated carbocycles. The summed E-state index contributed by atoms with van der Waals surface area (Å²) in [5.41, 5.74) is 5.46. The van der Waals surface area contributed by atoms with E-state index >= 15 is 0 Å². The van der Waals surface area contributed by atoms with Gasteiger partial charge in [-0.25, -0.2) is 9.97 Å². The fourth-order valence-electron chi connectivity index (χ4n) is 3.59. The van der Waals surface area contributed by atoms with Crippen LogP contribution in [0.4, 0.5) is 5.82 Å². The summed E-state index contributed by atoms with van der Waals surface area (Å²) in [6.45, 7) is 8.21. The SMILES string of the molecule is Cc1nc2cccc(-c3cc4c([nH]3)[C@H](CCO)NC4=O)c2nc1NC(C)(C)C. The number of nitrogens with zero attached hydrogens (tertiary/aromatic N) is 2. The van der Waals surface area contributed by atoms with Crippen molar-refractivity contribution in [3.05, 3.63) is 41.2 Å². The molecule has 0 radical (unpaired) electrons. The van der Waals surface area contributed by atoms with Gasteiger partial charge in [-0.1, -0.05) is 12.1 Å². The molecule has 3 aromatic rings. The lowest BCUT2D eigenvalue weighted by atomic mass is 10.1. The minimum absolute atomic E-state index is 0.0135. The van der Waals surface area contributed by atoms with Gasteiger partial charge in [-0.15, -0.1) is 0 Å². The first-order valence-corrected chi connectivity index (χ1v) is 9.47. The number of hydrogen-bond acceptors (Lipinski definition) is 5. The number of rotatable bonds is 4. The number of nitrogens with one attached hydrogen (secondary N) is 3. The van der Waals surface area contributed by atoms with Crippen molar-refractivity contribution in [2.45, 2.75) is 45.7 Å². The predicted octanol–water partition coefficient (Wildman–Crippen LogP) is 3.31. The Labute approximate surface area is 163 Å². The normalized spacial score (nSPS) is 16.3. The van der Waals surface area contributed by atoms with Crippen LogP contribution in [0.2, 0.25) is 0 Å². The van der Waals surface area contributed by atoms with Gasteiger partial charge in [-0.3, -0.25) is 4.79 Å². The van der Waals surface area contributed by atoms with Crippen LogP contribution < -0.4 is 10.6 Å². The smallest absolute Gasteiger partial charge is 0.253 e. The summed E-state index contributed by atoms with van der Waals surface area (Å²) in [5, 5.41) is 15.6. The highest BCUT2D eigenvalue weighted by Gasteiger charge is 2.31. The fourth-order valence-corrected chi connectivity index (χ4v) is 3.59. The molecular weight excluding hydrogens is 354 g/mol. The Bertz CT molecular complexity index is 1060. The monoisotopic (exact) mass is 379 g/mol. The van der Waals surface area contributed by atoms with Gasteiger partial charge in [0.05, 0.1) is 28.5 Å². The zero-order valence-electron chi connectivity index (χ0n) is 16.6. The van der Waals surface area contributed by atoms with Gasteiger partial charge >= 0.3 is 0 Å². The number of aromatic amines is 1. The topological polar surface area (TPSA) is 103 Å². The van der Waals surface area contributed by atoms with E-state index in [1.165, 1.54) is 0 Å². The van der Waals surface area contributed by atoms with Crippen molar-refractivity contribution < 1.29 is 9.90 Å². The van der Waals surface area contributed by atoms with E-state index in [0.29, 0.717) is 12.0 Å². The van der Waals surface area contributed by atoms with Crippen LogP contribution in [0.5, 0.6) is 0 Å². The van der Waals surface area contributed by atoms with Crippen LogP contribution in [0.15, 0.2) is 24.3 Å². The number of amides is 1. The first-order chi connectivity index (χ1) is 13.3. The van der Waals surface area contributed by atoms with Crippen molar-refractivity contribution in [3.63, 3.8) is 0 Å². The third kappa shape index (κ3) is 3.22. The van der Waals surface area contributed by atoms with Crippen molar-refractivity contribution in [2.24, 2.45) is 0 Å². The molecule has 7 nitrogen and oxygen atoms in total. The molecule has 4 N–H and O–H groups in total. The summed E-state index contributed by atoms with van der Waals surface area (Å²) >= 11 is 0. The van der Waals surface area contributed by atoms with Crippen molar-refractivity contribution >= 4 is 22.8 Å². The maximum atomic E-state index is 12.3. The van der Waals surface area contributed by atoms with Gasteiger partial charge in [0.1, 0.15) is 11.3 Å². The van der Waals surface area contributed by atoms with Crippen molar-refractivity contribution in [1.29, 1.82) is 0 Å². The number of hydrogen-bond donors (Lipinski definition) is 4. The van der Waals surface area contributed by atoms with Gasteiger partial charge in [-0.2, -0.15) is 0 Å². The number of benzene rings is 1. The van der Waals surface area contributed by atoms with Crippen molar-refractivity contribution in [2.75, 3.05) is 11.9 Å². The van der Waals surface area contributed by atoms with Gasteiger partial charge in [0.2, 0.25) is 0 Å². The summed E-state index contributed by atoms with van der Waals surface area (Å²) in [6.07, 6.45) is 0.479. The standard InChI is InChI=1S/C21H25N5O2/c1-11-19(26-21(2,3)4)25-17-12(6-5-7-14(17)22-11)16-10-13-18(23-16)15(8-9-27)24-20(13)28/h5-7,10,15,23,27H,8-9H2,1-4H3,(H,24,28)(H,25,26)/t15-/m0/s1. The first-order valence-electron chi connectivity index (χ1n) is 9.47. The second-order valence-corrected chi connectivity index (χ2v) is 8.25. The molecule has 0 bridgehead atoms. The highest BCUT2D eigenvalue weighted by atomic mass is 16.3. The molecule has 2 aromatic heterocycles. The highest BCUT2D eigenvalue weighted by molar-refractivity contribution is 6.01. The number of anilines is 1. The number of aromatic nitrogens is 3. The van der Waals surface area contributed by atoms with Crippen LogP contribution in [-0.4, -0.2) is 38.1 Å². The van der Waals surface area contributed by atoms with E-state index in [0.717, 1.165) is 39.5 Å². The Hall–Kier alpha value is -2.93. The Morgan fingerprint density at radius 3 is 2.71 bits per heavy atom. The third-order valence-corrected chi connectivity index (χ3v) is 4.82.